The van der Waals surface area contributed by atoms with Gasteiger partial charge in [0, 0.05) is 5.54 Å². The second-order valence-electron chi connectivity index (χ2n) is 6.66. The zero-order chi connectivity index (χ0) is 14.3. The van der Waals surface area contributed by atoms with Gasteiger partial charge < -0.3 is 5.32 Å². The summed E-state index contributed by atoms with van der Waals surface area (Å²) in [4.78, 5) is 0. The smallest absolute Gasteiger partial charge is 0.00966 e. The van der Waals surface area contributed by atoms with Gasteiger partial charge in [0.25, 0.3) is 0 Å². The lowest BCUT2D eigenvalue weighted by atomic mass is 9.83. The first kappa shape index (κ1) is 16.2. The number of nitrogens with one attached hydrogen (secondary N) is 1. The van der Waals surface area contributed by atoms with Gasteiger partial charge in [-0.3, -0.25) is 0 Å². The molecule has 1 nitrogen and oxygen atoms in total. The number of hydrogen-bond donors (Lipinski definition) is 1. The second-order valence-corrected chi connectivity index (χ2v) is 6.66. The van der Waals surface area contributed by atoms with Crippen molar-refractivity contribution < 1.29 is 0 Å². The van der Waals surface area contributed by atoms with Crippen molar-refractivity contribution >= 4 is 0 Å². The molecule has 19 heavy (non-hydrogen) atoms. The molecule has 0 saturated carbocycles. The van der Waals surface area contributed by atoms with Crippen LogP contribution in [0.5, 0.6) is 0 Å². The summed E-state index contributed by atoms with van der Waals surface area (Å²) in [7, 11) is 0. The lowest BCUT2D eigenvalue weighted by Gasteiger charge is -2.30. The van der Waals surface area contributed by atoms with Crippen molar-refractivity contribution in [3.63, 3.8) is 0 Å². The van der Waals surface area contributed by atoms with Gasteiger partial charge >= 0.3 is 0 Å². The molecule has 0 fully saturated rings. The van der Waals surface area contributed by atoms with Crippen LogP contribution in [0.4, 0.5) is 0 Å². The minimum absolute atomic E-state index is 0.209. The van der Waals surface area contributed by atoms with E-state index < -0.39 is 0 Å². The van der Waals surface area contributed by atoms with E-state index in [4.69, 9.17) is 0 Å². The molecule has 0 amide bonds. The zero-order valence-electron chi connectivity index (χ0n) is 13.4. The van der Waals surface area contributed by atoms with E-state index in [1.165, 1.54) is 24.8 Å². The highest BCUT2D eigenvalue weighted by Crippen LogP contribution is 2.23. The molecule has 0 aromatic heterocycles. The van der Waals surface area contributed by atoms with Crippen LogP contribution in [-0.4, -0.2) is 12.1 Å². The van der Waals surface area contributed by atoms with Gasteiger partial charge in [-0.2, -0.15) is 0 Å². The van der Waals surface area contributed by atoms with Gasteiger partial charge in [-0.1, -0.05) is 57.0 Å². The van der Waals surface area contributed by atoms with Crippen molar-refractivity contribution in [2.45, 2.75) is 59.4 Å². The molecule has 1 N–H and O–H groups in total. The highest BCUT2D eigenvalue weighted by atomic mass is 14.9. The summed E-state index contributed by atoms with van der Waals surface area (Å²) in [6.45, 7) is 12.5. The molecule has 0 bridgehead atoms. The van der Waals surface area contributed by atoms with Gasteiger partial charge in [-0.15, -0.1) is 0 Å². The predicted octanol–water partition coefficient (Wildman–Crippen LogP) is 4.67. The second kappa shape index (κ2) is 7.69. The average Bonchev–Trinajstić information content (AvgIpc) is 2.37. The molecule has 1 atom stereocenters. The van der Waals surface area contributed by atoms with Crippen LogP contribution in [0.25, 0.3) is 0 Å². The summed E-state index contributed by atoms with van der Waals surface area (Å²) in [6.07, 6.45) is 3.75. The molecule has 1 unspecified atom stereocenters. The molecule has 1 rings (SSSR count). The fourth-order valence-corrected chi connectivity index (χ4v) is 2.71. The Bertz CT molecular complexity index is 332. The first-order valence-corrected chi connectivity index (χ1v) is 7.75. The van der Waals surface area contributed by atoms with E-state index >= 15 is 0 Å². The lowest BCUT2D eigenvalue weighted by Crippen LogP contribution is -2.41. The van der Waals surface area contributed by atoms with E-state index in [0.29, 0.717) is 0 Å². The maximum atomic E-state index is 3.69. The maximum absolute atomic E-state index is 3.69. The first-order chi connectivity index (χ1) is 8.96. The van der Waals surface area contributed by atoms with Crippen molar-refractivity contribution in [2.75, 3.05) is 6.54 Å². The third kappa shape index (κ3) is 6.24. The molecule has 1 aromatic rings. The van der Waals surface area contributed by atoms with Crippen LogP contribution in [0, 0.1) is 11.8 Å². The SMILES string of the molecule is CCC(CC)C(CNC(C)(C)C)Cc1ccccc1. The van der Waals surface area contributed by atoms with Crippen LogP contribution >= 0.6 is 0 Å². The Labute approximate surface area is 119 Å². The molecule has 0 aliphatic rings. The van der Waals surface area contributed by atoms with E-state index in [1.54, 1.807) is 0 Å². The van der Waals surface area contributed by atoms with Crippen LogP contribution in [0.1, 0.15) is 53.0 Å². The number of benzene rings is 1. The van der Waals surface area contributed by atoms with Crippen LogP contribution in [0.3, 0.4) is 0 Å². The third-order valence-corrected chi connectivity index (χ3v) is 3.95. The van der Waals surface area contributed by atoms with Crippen molar-refractivity contribution in [1.29, 1.82) is 0 Å². The minimum atomic E-state index is 0.209. The zero-order valence-corrected chi connectivity index (χ0v) is 13.4. The van der Waals surface area contributed by atoms with Crippen molar-refractivity contribution in [1.82, 2.24) is 5.32 Å². The third-order valence-electron chi connectivity index (χ3n) is 3.95. The van der Waals surface area contributed by atoms with E-state index in [0.717, 1.165) is 18.4 Å². The van der Waals surface area contributed by atoms with E-state index in [-0.39, 0.29) is 5.54 Å². The molecule has 1 aromatic carbocycles. The van der Waals surface area contributed by atoms with E-state index in [1.807, 2.05) is 0 Å². The minimum Gasteiger partial charge on any atom is -0.312 e. The highest BCUT2D eigenvalue weighted by Gasteiger charge is 2.21. The summed E-state index contributed by atoms with van der Waals surface area (Å²) in [6, 6.07) is 10.9. The van der Waals surface area contributed by atoms with Gasteiger partial charge in [0.1, 0.15) is 0 Å². The summed E-state index contributed by atoms with van der Waals surface area (Å²) in [5.74, 6) is 1.55. The van der Waals surface area contributed by atoms with Crippen molar-refractivity contribution in [3.05, 3.63) is 35.9 Å². The Morgan fingerprint density at radius 1 is 0.947 bits per heavy atom. The average molecular weight is 261 g/mol. The fourth-order valence-electron chi connectivity index (χ4n) is 2.71. The molecule has 0 saturated heterocycles. The van der Waals surface area contributed by atoms with Crippen LogP contribution in [-0.2, 0) is 6.42 Å². The standard InChI is InChI=1S/C18H31N/c1-6-16(7-2)17(14-19-18(3,4)5)13-15-11-9-8-10-12-15/h8-12,16-17,19H,6-7,13-14H2,1-5H3. The molecule has 0 heterocycles. The van der Waals surface area contributed by atoms with Crippen LogP contribution < -0.4 is 5.32 Å². The van der Waals surface area contributed by atoms with Crippen LogP contribution in [0.15, 0.2) is 30.3 Å². The Kier molecular flexibility index (Phi) is 6.57. The molecular weight excluding hydrogens is 230 g/mol. The summed E-state index contributed by atoms with van der Waals surface area (Å²) >= 11 is 0. The van der Waals surface area contributed by atoms with E-state index in [9.17, 15) is 0 Å². The first-order valence-electron chi connectivity index (χ1n) is 7.75. The quantitative estimate of drug-likeness (QED) is 0.752. The molecular formula is C18H31N. The summed E-state index contributed by atoms with van der Waals surface area (Å²) in [5.41, 5.74) is 1.68. The summed E-state index contributed by atoms with van der Waals surface area (Å²) in [5, 5.41) is 3.69. The highest BCUT2D eigenvalue weighted by molar-refractivity contribution is 5.15. The molecule has 1 heteroatoms. The molecule has 0 radical (unpaired) electrons. The molecule has 0 spiro atoms. The van der Waals surface area contributed by atoms with Gasteiger partial charge in [0.2, 0.25) is 0 Å². The maximum Gasteiger partial charge on any atom is 0.00966 e. The van der Waals surface area contributed by atoms with Crippen LogP contribution in [0.2, 0.25) is 0 Å². The topological polar surface area (TPSA) is 12.0 Å². The Hall–Kier alpha value is -0.820. The normalized spacial score (nSPS) is 13.8. The van der Waals surface area contributed by atoms with Crippen molar-refractivity contribution in [3.8, 4) is 0 Å². The van der Waals surface area contributed by atoms with Gasteiger partial charge in [0.05, 0.1) is 0 Å². The Balaban J connectivity index is 2.69. The Morgan fingerprint density at radius 3 is 2.00 bits per heavy atom. The van der Waals surface area contributed by atoms with Gasteiger partial charge in [-0.25, -0.2) is 0 Å². The van der Waals surface area contributed by atoms with E-state index in [2.05, 4.69) is 70.3 Å². The number of hydrogen-bond acceptors (Lipinski definition) is 1. The molecule has 108 valence electrons. The Morgan fingerprint density at radius 2 is 1.53 bits per heavy atom. The number of rotatable bonds is 7. The fraction of sp³-hybridized carbons (Fsp3) is 0.667. The van der Waals surface area contributed by atoms with Gasteiger partial charge in [0.15, 0.2) is 0 Å². The molecule has 0 aliphatic carbocycles. The largest absolute Gasteiger partial charge is 0.312 e. The van der Waals surface area contributed by atoms with Gasteiger partial charge in [-0.05, 0) is 51.1 Å². The summed E-state index contributed by atoms with van der Waals surface area (Å²) < 4.78 is 0. The predicted molar refractivity (Wildman–Crippen MR) is 85.5 cm³/mol. The monoisotopic (exact) mass is 261 g/mol. The lowest BCUT2D eigenvalue weighted by molar-refractivity contribution is 0.270. The molecule has 0 aliphatic heterocycles. The van der Waals surface area contributed by atoms with Crippen molar-refractivity contribution in [2.24, 2.45) is 11.8 Å².